The van der Waals surface area contributed by atoms with Crippen LogP contribution in [0.5, 0.6) is 0 Å². The van der Waals surface area contributed by atoms with E-state index in [1.807, 2.05) is 31.2 Å². The number of ether oxygens (including phenoxy) is 1. The quantitative estimate of drug-likeness (QED) is 0.843. The van der Waals surface area contributed by atoms with Crippen molar-refractivity contribution in [1.82, 2.24) is 5.32 Å². The van der Waals surface area contributed by atoms with Crippen molar-refractivity contribution in [2.24, 2.45) is 0 Å². The second-order valence-electron chi connectivity index (χ2n) is 4.21. The third kappa shape index (κ3) is 2.83. The lowest BCUT2D eigenvalue weighted by Crippen LogP contribution is -2.31. The van der Waals surface area contributed by atoms with E-state index in [0.717, 1.165) is 30.6 Å². The van der Waals surface area contributed by atoms with E-state index in [0.29, 0.717) is 6.54 Å². The molecule has 1 atom stereocenters. The summed E-state index contributed by atoms with van der Waals surface area (Å²) in [6.45, 7) is 3.43. The van der Waals surface area contributed by atoms with Crippen LogP contribution in [0.25, 0.3) is 0 Å². The highest BCUT2D eigenvalue weighted by molar-refractivity contribution is 5.94. The minimum atomic E-state index is -0.0146. The van der Waals surface area contributed by atoms with Gasteiger partial charge in [-0.1, -0.05) is 17.7 Å². The molecule has 0 aromatic heterocycles. The summed E-state index contributed by atoms with van der Waals surface area (Å²) in [7, 11) is 0. The first-order valence-electron chi connectivity index (χ1n) is 5.72. The van der Waals surface area contributed by atoms with E-state index in [1.165, 1.54) is 0 Å². The van der Waals surface area contributed by atoms with Crippen molar-refractivity contribution in [3.63, 3.8) is 0 Å². The Morgan fingerprint density at radius 2 is 2.44 bits per heavy atom. The summed E-state index contributed by atoms with van der Waals surface area (Å²) in [5.74, 6) is -0.0146. The molecule has 1 amide bonds. The van der Waals surface area contributed by atoms with Crippen molar-refractivity contribution >= 4 is 5.91 Å². The lowest BCUT2D eigenvalue weighted by Gasteiger charge is -2.10. The number of benzene rings is 1. The molecule has 1 fully saturated rings. The van der Waals surface area contributed by atoms with Crippen LogP contribution in [-0.4, -0.2) is 25.2 Å². The zero-order valence-corrected chi connectivity index (χ0v) is 9.53. The molecule has 1 aromatic carbocycles. The van der Waals surface area contributed by atoms with Gasteiger partial charge in [0.25, 0.3) is 5.91 Å². The van der Waals surface area contributed by atoms with Crippen molar-refractivity contribution in [2.75, 3.05) is 13.2 Å². The smallest absolute Gasteiger partial charge is 0.251 e. The predicted octanol–water partition coefficient (Wildman–Crippen LogP) is 1.90. The Labute approximate surface area is 95.8 Å². The third-order valence-corrected chi connectivity index (χ3v) is 2.79. The van der Waals surface area contributed by atoms with E-state index >= 15 is 0 Å². The first-order valence-corrected chi connectivity index (χ1v) is 5.72. The van der Waals surface area contributed by atoms with Crippen molar-refractivity contribution in [2.45, 2.75) is 25.9 Å². The summed E-state index contributed by atoms with van der Waals surface area (Å²) >= 11 is 0. The molecule has 3 heteroatoms. The fourth-order valence-electron chi connectivity index (χ4n) is 1.90. The maximum atomic E-state index is 11.8. The molecule has 1 aliphatic rings. The van der Waals surface area contributed by atoms with Gasteiger partial charge in [-0.25, -0.2) is 0 Å². The normalized spacial score (nSPS) is 19.7. The molecule has 0 radical (unpaired) electrons. The van der Waals surface area contributed by atoms with Gasteiger partial charge in [0.2, 0.25) is 0 Å². The Morgan fingerprint density at radius 1 is 1.56 bits per heavy atom. The van der Waals surface area contributed by atoms with E-state index in [1.54, 1.807) is 0 Å². The van der Waals surface area contributed by atoms with Crippen molar-refractivity contribution < 1.29 is 9.53 Å². The monoisotopic (exact) mass is 219 g/mol. The molecule has 1 heterocycles. The zero-order chi connectivity index (χ0) is 11.4. The summed E-state index contributed by atoms with van der Waals surface area (Å²) in [6, 6.07) is 7.61. The molecule has 1 saturated heterocycles. The fraction of sp³-hybridized carbons (Fsp3) is 0.462. The number of carbonyl (C=O) groups excluding carboxylic acids is 1. The number of hydrogen-bond donors (Lipinski definition) is 1. The van der Waals surface area contributed by atoms with E-state index in [9.17, 15) is 4.79 Å². The third-order valence-electron chi connectivity index (χ3n) is 2.79. The van der Waals surface area contributed by atoms with Gasteiger partial charge in [-0.15, -0.1) is 0 Å². The maximum Gasteiger partial charge on any atom is 0.251 e. The van der Waals surface area contributed by atoms with E-state index in [4.69, 9.17) is 4.74 Å². The minimum absolute atomic E-state index is 0.0146. The molecule has 3 nitrogen and oxygen atoms in total. The average molecular weight is 219 g/mol. The molecule has 2 rings (SSSR count). The van der Waals surface area contributed by atoms with Crippen molar-refractivity contribution in [3.8, 4) is 0 Å². The number of amides is 1. The van der Waals surface area contributed by atoms with Gasteiger partial charge in [0.1, 0.15) is 0 Å². The largest absolute Gasteiger partial charge is 0.376 e. The molecule has 1 aromatic rings. The van der Waals surface area contributed by atoms with E-state index < -0.39 is 0 Å². The SMILES string of the molecule is Cc1cccc(C(=O)NC[C@@H]2CCCO2)c1. The summed E-state index contributed by atoms with van der Waals surface area (Å²) in [5.41, 5.74) is 1.82. The first kappa shape index (κ1) is 11.1. The Morgan fingerprint density at radius 3 is 3.12 bits per heavy atom. The van der Waals surface area contributed by atoms with Gasteiger partial charge in [-0.2, -0.15) is 0 Å². The topological polar surface area (TPSA) is 38.3 Å². The second kappa shape index (κ2) is 5.12. The predicted molar refractivity (Wildman–Crippen MR) is 62.5 cm³/mol. The molecule has 0 saturated carbocycles. The standard InChI is InChI=1S/C13H17NO2/c1-10-4-2-5-11(8-10)13(15)14-9-12-6-3-7-16-12/h2,4-5,8,12H,3,6-7,9H2,1H3,(H,14,15)/t12-/m0/s1. The van der Waals surface area contributed by atoms with Crippen LogP contribution in [0.3, 0.4) is 0 Å². The molecular formula is C13H17NO2. The summed E-state index contributed by atoms with van der Waals surface area (Å²) in [4.78, 5) is 11.8. The molecule has 0 unspecified atom stereocenters. The minimum Gasteiger partial charge on any atom is -0.376 e. The number of nitrogens with one attached hydrogen (secondary N) is 1. The Hall–Kier alpha value is -1.35. The van der Waals surface area contributed by atoms with Crippen LogP contribution in [-0.2, 0) is 4.74 Å². The zero-order valence-electron chi connectivity index (χ0n) is 9.53. The number of rotatable bonds is 3. The van der Waals surface area contributed by atoms with Gasteiger partial charge in [0.15, 0.2) is 0 Å². The molecule has 0 spiro atoms. The summed E-state index contributed by atoms with van der Waals surface area (Å²) in [6.07, 6.45) is 2.35. The van der Waals surface area contributed by atoms with Gasteiger partial charge >= 0.3 is 0 Å². The molecule has 1 aliphatic heterocycles. The van der Waals surface area contributed by atoms with Crippen LogP contribution in [0.4, 0.5) is 0 Å². The van der Waals surface area contributed by atoms with Gasteiger partial charge in [0.05, 0.1) is 6.10 Å². The van der Waals surface area contributed by atoms with Crippen molar-refractivity contribution in [3.05, 3.63) is 35.4 Å². The van der Waals surface area contributed by atoms with E-state index in [-0.39, 0.29) is 12.0 Å². The maximum absolute atomic E-state index is 11.8. The van der Waals surface area contributed by atoms with Crippen LogP contribution in [0.15, 0.2) is 24.3 Å². The van der Waals surface area contributed by atoms with Gasteiger partial charge in [0, 0.05) is 18.7 Å². The van der Waals surface area contributed by atoms with Crippen LogP contribution in [0, 0.1) is 6.92 Å². The number of carbonyl (C=O) groups is 1. The van der Waals surface area contributed by atoms with Crippen LogP contribution in [0.1, 0.15) is 28.8 Å². The van der Waals surface area contributed by atoms with E-state index in [2.05, 4.69) is 5.32 Å². The van der Waals surface area contributed by atoms with Gasteiger partial charge in [-0.05, 0) is 31.9 Å². The molecule has 0 aliphatic carbocycles. The Bertz CT molecular complexity index is 370. The highest BCUT2D eigenvalue weighted by Crippen LogP contribution is 2.11. The number of hydrogen-bond acceptors (Lipinski definition) is 2. The Kier molecular flexibility index (Phi) is 3.57. The highest BCUT2D eigenvalue weighted by atomic mass is 16.5. The highest BCUT2D eigenvalue weighted by Gasteiger charge is 2.16. The van der Waals surface area contributed by atoms with Crippen LogP contribution < -0.4 is 5.32 Å². The van der Waals surface area contributed by atoms with Crippen LogP contribution >= 0.6 is 0 Å². The molecule has 86 valence electrons. The molecule has 16 heavy (non-hydrogen) atoms. The molecular weight excluding hydrogens is 202 g/mol. The van der Waals surface area contributed by atoms with Gasteiger partial charge in [-0.3, -0.25) is 4.79 Å². The average Bonchev–Trinajstić information content (AvgIpc) is 2.78. The summed E-state index contributed by atoms with van der Waals surface area (Å²) in [5, 5.41) is 2.90. The van der Waals surface area contributed by atoms with Crippen molar-refractivity contribution in [1.29, 1.82) is 0 Å². The Balaban J connectivity index is 1.87. The fourth-order valence-corrected chi connectivity index (χ4v) is 1.90. The second-order valence-corrected chi connectivity index (χ2v) is 4.21. The van der Waals surface area contributed by atoms with Gasteiger partial charge < -0.3 is 10.1 Å². The molecule has 0 bridgehead atoms. The lowest BCUT2D eigenvalue weighted by atomic mass is 10.1. The van der Waals surface area contributed by atoms with Crippen LogP contribution in [0.2, 0.25) is 0 Å². The number of aryl methyl sites for hydroxylation is 1. The summed E-state index contributed by atoms with van der Waals surface area (Å²) < 4.78 is 5.45. The first-order chi connectivity index (χ1) is 7.75. The lowest BCUT2D eigenvalue weighted by molar-refractivity contribution is 0.0857. The molecule has 1 N–H and O–H groups in total.